The average Bonchev–Trinajstić information content (AvgIpc) is 3.83. The Hall–Kier alpha value is -5.59. The molecule has 3 aromatic heterocycles. The number of fused-ring (bicyclic) bond motifs is 2. The van der Waals surface area contributed by atoms with Crippen molar-refractivity contribution < 1.29 is 14.4 Å². The molecule has 1 unspecified atom stereocenters. The smallest absolute Gasteiger partial charge is 0.332 e. The molecule has 0 saturated carbocycles. The first-order valence-electron chi connectivity index (χ1n) is 15.3. The highest BCUT2D eigenvalue weighted by Crippen LogP contribution is 2.27. The predicted molar refractivity (Wildman–Crippen MR) is 170 cm³/mol. The van der Waals surface area contributed by atoms with Crippen LogP contribution in [0.2, 0.25) is 0 Å². The molecule has 0 bridgehead atoms. The van der Waals surface area contributed by atoms with Crippen molar-refractivity contribution in [1.82, 2.24) is 33.8 Å². The molecule has 2 aromatic carbocycles. The quantitative estimate of drug-likeness (QED) is 0.249. The third-order valence-corrected chi connectivity index (χ3v) is 8.60. The minimum atomic E-state index is -0.561. The number of aromatic amines is 1. The summed E-state index contributed by atoms with van der Waals surface area (Å²) in [5.74, 6) is -0.362. The number of hydrogen-bond acceptors (Lipinski definition) is 7. The Bertz CT molecular complexity index is 2120. The van der Waals surface area contributed by atoms with E-state index in [1.54, 1.807) is 41.3 Å². The van der Waals surface area contributed by atoms with Crippen molar-refractivity contribution in [2.24, 2.45) is 5.92 Å². The van der Waals surface area contributed by atoms with E-state index in [0.717, 1.165) is 20.7 Å². The van der Waals surface area contributed by atoms with Crippen LogP contribution in [0.4, 0.5) is 5.69 Å². The molecule has 2 aliphatic rings. The summed E-state index contributed by atoms with van der Waals surface area (Å²) in [4.78, 5) is 76.3. The molecule has 0 spiro atoms. The Balaban J connectivity index is 1.15. The molecule has 3 amide bonds. The van der Waals surface area contributed by atoms with Crippen LogP contribution in [0.15, 0.2) is 70.5 Å². The highest BCUT2D eigenvalue weighted by atomic mass is 16.2. The van der Waals surface area contributed by atoms with E-state index in [-0.39, 0.29) is 42.6 Å². The van der Waals surface area contributed by atoms with Gasteiger partial charge in [-0.15, -0.1) is 0 Å². The van der Waals surface area contributed by atoms with Crippen molar-refractivity contribution in [2.45, 2.75) is 46.3 Å². The number of nitrogens with one attached hydrogen (secondary N) is 1. The number of imide groups is 1. The number of carbonyl (C=O) groups is 3. The molecule has 13 nitrogen and oxygen atoms in total. The first-order valence-corrected chi connectivity index (χ1v) is 15.3. The summed E-state index contributed by atoms with van der Waals surface area (Å²) < 4.78 is 4.24. The molecule has 13 heteroatoms. The topological polar surface area (TPSA) is 148 Å². The number of hydrogen-bond donors (Lipinski definition) is 1. The van der Waals surface area contributed by atoms with Crippen LogP contribution in [0.5, 0.6) is 0 Å². The minimum absolute atomic E-state index is 0.0402. The lowest BCUT2D eigenvalue weighted by molar-refractivity contribution is -0.117. The number of imidazole rings is 1. The summed E-state index contributed by atoms with van der Waals surface area (Å²) in [5.41, 5.74) is 2.46. The van der Waals surface area contributed by atoms with Gasteiger partial charge in [0, 0.05) is 56.9 Å². The van der Waals surface area contributed by atoms with E-state index >= 15 is 0 Å². The standard InChI is InChI=1S/C33H32N8O5/c1-3-11-40-32(45)27-29(38(33(40)46)12-13-39-30(43)24-9-4-5-10-25(24)31(39)44)36-28(35-27)22-16-34-37(19-22)17-21-15-26(42)41(18-21)23-8-6-7-20(2)14-23/h4-10,14,16,19,21H,3,11-13,15,17-18H2,1-2H3,(H,35,36). The predicted octanol–water partition coefficient (Wildman–Crippen LogP) is 2.82. The van der Waals surface area contributed by atoms with Crippen LogP contribution >= 0.6 is 0 Å². The molecule has 7 rings (SSSR count). The largest absolute Gasteiger partial charge is 0.332 e. The maximum atomic E-state index is 13.5. The van der Waals surface area contributed by atoms with Crippen molar-refractivity contribution in [3.05, 3.63) is 98.5 Å². The van der Waals surface area contributed by atoms with Crippen LogP contribution in [-0.2, 0) is 24.4 Å². The molecule has 5 aromatic rings. The number of anilines is 1. The summed E-state index contributed by atoms with van der Waals surface area (Å²) in [6, 6.07) is 14.5. The van der Waals surface area contributed by atoms with Gasteiger partial charge in [-0.3, -0.25) is 37.9 Å². The molecule has 234 valence electrons. The second-order valence-corrected chi connectivity index (χ2v) is 11.8. The van der Waals surface area contributed by atoms with E-state index in [4.69, 9.17) is 0 Å². The van der Waals surface area contributed by atoms with E-state index in [1.807, 2.05) is 43.0 Å². The van der Waals surface area contributed by atoms with E-state index in [2.05, 4.69) is 15.1 Å². The van der Waals surface area contributed by atoms with Crippen molar-refractivity contribution in [1.29, 1.82) is 0 Å². The van der Waals surface area contributed by atoms with Gasteiger partial charge in [0.15, 0.2) is 5.65 Å². The van der Waals surface area contributed by atoms with Crippen molar-refractivity contribution in [3.63, 3.8) is 0 Å². The van der Waals surface area contributed by atoms with Gasteiger partial charge < -0.3 is 9.88 Å². The number of rotatable bonds is 9. The van der Waals surface area contributed by atoms with E-state index in [1.165, 1.54) is 4.57 Å². The lowest BCUT2D eigenvalue weighted by Crippen LogP contribution is -2.42. The fraction of sp³-hybridized carbons (Fsp3) is 0.303. The Morgan fingerprint density at radius 2 is 1.67 bits per heavy atom. The van der Waals surface area contributed by atoms with Gasteiger partial charge in [0.1, 0.15) is 11.3 Å². The van der Waals surface area contributed by atoms with E-state index < -0.39 is 23.1 Å². The molecule has 1 N–H and O–H groups in total. The molecule has 1 fully saturated rings. The van der Waals surface area contributed by atoms with E-state index in [9.17, 15) is 24.0 Å². The van der Waals surface area contributed by atoms with Gasteiger partial charge in [0.25, 0.3) is 17.4 Å². The van der Waals surface area contributed by atoms with Crippen LogP contribution in [0, 0.1) is 12.8 Å². The zero-order valence-electron chi connectivity index (χ0n) is 25.5. The monoisotopic (exact) mass is 620 g/mol. The zero-order chi connectivity index (χ0) is 32.1. The maximum absolute atomic E-state index is 13.5. The summed E-state index contributed by atoms with van der Waals surface area (Å²) in [5, 5.41) is 4.49. The van der Waals surface area contributed by atoms with Gasteiger partial charge >= 0.3 is 5.69 Å². The molecule has 1 saturated heterocycles. The molecule has 0 radical (unpaired) electrons. The average molecular weight is 621 g/mol. The summed E-state index contributed by atoms with van der Waals surface area (Å²) in [6.45, 7) is 5.06. The van der Waals surface area contributed by atoms with Gasteiger partial charge in [-0.2, -0.15) is 5.10 Å². The van der Waals surface area contributed by atoms with Gasteiger partial charge in [0.05, 0.1) is 22.9 Å². The molecule has 0 aliphatic carbocycles. The molecular weight excluding hydrogens is 588 g/mol. The Morgan fingerprint density at radius 1 is 0.913 bits per heavy atom. The molecule has 46 heavy (non-hydrogen) atoms. The zero-order valence-corrected chi connectivity index (χ0v) is 25.5. The summed E-state index contributed by atoms with van der Waals surface area (Å²) in [7, 11) is 0. The molecule has 5 heterocycles. The number of aryl methyl sites for hydroxylation is 1. The second-order valence-electron chi connectivity index (χ2n) is 11.8. The SMILES string of the molecule is CCCn1c(=O)c2[nH]c(-c3cnn(CC4CC(=O)N(c5cccc(C)c5)C4)c3)nc2n(CCN2C(=O)c3ccccc3C2=O)c1=O. The number of amides is 3. The van der Waals surface area contributed by atoms with E-state index in [0.29, 0.717) is 48.4 Å². The molecule has 2 aliphatic heterocycles. The van der Waals surface area contributed by atoms with Gasteiger partial charge in [-0.25, -0.2) is 9.78 Å². The maximum Gasteiger partial charge on any atom is 0.332 e. The third-order valence-electron chi connectivity index (χ3n) is 8.60. The van der Waals surface area contributed by atoms with Crippen molar-refractivity contribution >= 4 is 34.6 Å². The summed E-state index contributed by atoms with van der Waals surface area (Å²) in [6.07, 6.45) is 4.38. The second kappa shape index (κ2) is 11.4. The minimum Gasteiger partial charge on any atom is -0.332 e. The highest BCUT2D eigenvalue weighted by Gasteiger charge is 2.35. The van der Waals surface area contributed by atoms with Gasteiger partial charge in [0.2, 0.25) is 5.91 Å². The first kappa shape index (κ1) is 29.1. The number of carbonyl (C=O) groups excluding carboxylic acids is 3. The van der Waals surface area contributed by atoms with Crippen molar-refractivity contribution in [2.75, 3.05) is 18.0 Å². The fourth-order valence-electron chi connectivity index (χ4n) is 6.37. The normalized spacial score (nSPS) is 16.3. The molecule has 1 atom stereocenters. The first-order chi connectivity index (χ1) is 22.2. The van der Waals surface area contributed by atoms with Gasteiger partial charge in [-0.05, 0) is 43.2 Å². The van der Waals surface area contributed by atoms with Crippen molar-refractivity contribution in [3.8, 4) is 11.4 Å². The van der Waals surface area contributed by atoms with Crippen LogP contribution < -0.4 is 16.1 Å². The summed E-state index contributed by atoms with van der Waals surface area (Å²) >= 11 is 0. The Morgan fingerprint density at radius 3 is 2.39 bits per heavy atom. The highest BCUT2D eigenvalue weighted by molar-refractivity contribution is 6.21. The van der Waals surface area contributed by atoms with Crippen LogP contribution in [-0.4, -0.2) is 64.6 Å². The Kier molecular flexibility index (Phi) is 7.22. The number of benzene rings is 2. The van der Waals surface area contributed by atoms with Crippen LogP contribution in [0.3, 0.4) is 0 Å². The lowest BCUT2D eigenvalue weighted by atomic mass is 10.1. The lowest BCUT2D eigenvalue weighted by Gasteiger charge is -2.17. The molecular formula is C33H32N8O5. The van der Waals surface area contributed by atoms with Crippen LogP contribution in [0.1, 0.15) is 46.0 Å². The number of aromatic nitrogens is 6. The number of nitrogens with zero attached hydrogens (tertiary/aromatic N) is 7. The van der Waals surface area contributed by atoms with Crippen LogP contribution in [0.25, 0.3) is 22.6 Å². The third kappa shape index (κ3) is 4.93. The Labute approximate surface area is 262 Å². The fourth-order valence-corrected chi connectivity index (χ4v) is 6.37. The number of H-pyrrole nitrogens is 1. The van der Waals surface area contributed by atoms with Gasteiger partial charge in [-0.1, -0.05) is 31.2 Å².